The topological polar surface area (TPSA) is 72.2 Å². The summed E-state index contributed by atoms with van der Waals surface area (Å²) < 4.78 is 53.6. The van der Waals surface area contributed by atoms with E-state index < -0.39 is 26.6 Å². The molecule has 0 bridgehead atoms. The number of halogens is 3. The van der Waals surface area contributed by atoms with Gasteiger partial charge in [-0.2, -0.15) is 0 Å². The van der Waals surface area contributed by atoms with Crippen LogP contribution in [0.4, 0.5) is 14.5 Å². The van der Waals surface area contributed by atoms with Crippen molar-refractivity contribution < 1.29 is 17.2 Å². The van der Waals surface area contributed by atoms with Gasteiger partial charge in [0.05, 0.1) is 5.69 Å². The number of benzene rings is 2. The third-order valence-electron chi connectivity index (χ3n) is 2.70. The van der Waals surface area contributed by atoms with E-state index in [0.717, 1.165) is 24.3 Å². The van der Waals surface area contributed by atoms with Gasteiger partial charge in [-0.25, -0.2) is 17.2 Å². The van der Waals surface area contributed by atoms with Gasteiger partial charge in [-0.15, -0.1) is 0 Å². The predicted molar refractivity (Wildman–Crippen MR) is 79.2 cm³/mol. The predicted octanol–water partition coefficient (Wildman–Crippen LogP) is 2.99. The molecule has 0 heterocycles. The minimum absolute atomic E-state index is 0.0864. The van der Waals surface area contributed by atoms with E-state index in [2.05, 4.69) is 20.7 Å². The van der Waals surface area contributed by atoms with E-state index >= 15 is 0 Å². The Kier molecular flexibility index (Phi) is 4.60. The van der Waals surface area contributed by atoms with Gasteiger partial charge in [-0.05, 0) is 51.8 Å². The Hall–Kier alpha value is -1.51. The van der Waals surface area contributed by atoms with E-state index in [0.29, 0.717) is 5.56 Å². The fourth-order valence-corrected chi connectivity index (χ4v) is 3.44. The molecule has 112 valence electrons. The average Bonchev–Trinajstić information content (AvgIpc) is 2.42. The van der Waals surface area contributed by atoms with Crippen LogP contribution in [0.2, 0.25) is 0 Å². The minimum atomic E-state index is -4.14. The lowest BCUT2D eigenvalue weighted by Gasteiger charge is -2.11. The van der Waals surface area contributed by atoms with Crippen molar-refractivity contribution in [3.05, 3.63) is 58.1 Å². The normalized spacial score (nSPS) is 11.4. The molecule has 0 radical (unpaired) electrons. The zero-order valence-corrected chi connectivity index (χ0v) is 13.0. The quantitative estimate of drug-likeness (QED) is 0.861. The summed E-state index contributed by atoms with van der Waals surface area (Å²) in [6.45, 7) is 0.0864. The molecule has 0 unspecified atom stereocenters. The first-order valence-electron chi connectivity index (χ1n) is 5.80. The van der Waals surface area contributed by atoms with E-state index in [9.17, 15) is 17.2 Å². The molecule has 0 aliphatic rings. The molecular weight excluding hydrogens is 366 g/mol. The maximum absolute atomic E-state index is 13.7. The van der Waals surface area contributed by atoms with Crippen LogP contribution in [-0.2, 0) is 16.6 Å². The summed E-state index contributed by atoms with van der Waals surface area (Å²) in [5.41, 5.74) is 6.01. The molecule has 8 heteroatoms. The summed E-state index contributed by atoms with van der Waals surface area (Å²) in [7, 11) is -4.14. The average molecular weight is 377 g/mol. The zero-order chi connectivity index (χ0) is 15.6. The third-order valence-corrected chi connectivity index (χ3v) is 4.73. The van der Waals surface area contributed by atoms with E-state index in [1.165, 1.54) is 12.1 Å². The summed E-state index contributed by atoms with van der Waals surface area (Å²) in [4.78, 5) is -0.512. The molecule has 3 N–H and O–H groups in total. The molecule has 0 saturated heterocycles. The summed E-state index contributed by atoms with van der Waals surface area (Å²) in [6.07, 6.45) is 0. The van der Waals surface area contributed by atoms with Crippen molar-refractivity contribution in [1.29, 1.82) is 0 Å². The molecule has 0 aliphatic heterocycles. The highest BCUT2D eigenvalue weighted by Crippen LogP contribution is 2.27. The lowest BCUT2D eigenvalue weighted by Crippen LogP contribution is -2.15. The van der Waals surface area contributed by atoms with Crippen molar-refractivity contribution in [1.82, 2.24) is 0 Å². The van der Waals surface area contributed by atoms with Gasteiger partial charge in [-0.3, -0.25) is 4.72 Å². The first kappa shape index (κ1) is 15.9. The number of sulfonamides is 1. The fourth-order valence-electron chi connectivity index (χ4n) is 1.65. The van der Waals surface area contributed by atoms with Crippen LogP contribution in [0.15, 0.2) is 45.8 Å². The van der Waals surface area contributed by atoms with Crippen molar-refractivity contribution in [2.75, 3.05) is 4.72 Å². The molecular formula is C13H11BrF2N2O2S. The lowest BCUT2D eigenvalue weighted by molar-refractivity contribution is 0.569. The number of hydrogen-bond acceptors (Lipinski definition) is 3. The smallest absolute Gasteiger partial charge is 0.264 e. The lowest BCUT2D eigenvalue weighted by atomic mass is 10.2. The summed E-state index contributed by atoms with van der Waals surface area (Å²) in [5.74, 6) is -1.42. The van der Waals surface area contributed by atoms with Crippen molar-refractivity contribution in [3.8, 4) is 0 Å². The fraction of sp³-hybridized carbons (Fsp3) is 0.0769. The Labute approximate surface area is 129 Å². The summed E-state index contributed by atoms with van der Waals surface area (Å²) >= 11 is 3.04. The van der Waals surface area contributed by atoms with E-state index in [-0.39, 0.29) is 16.7 Å². The standard InChI is InChI=1S/C13H11BrF2N2O2S/c14-10-6-9(15)2-4-12(10)18-21(19,20)13-5-8(7-17)1-3-11(13)16/h1-6,18H,7,17H2. The Morgan fingerprint density at radius 2 is 1.86 bits per heavy atom. The molecule has 0 saturated carbocycles. The summed E-state index contributed by atoms with van der Waals surface area (Å²) in [6, 6.07) is 7.04. The molecule has 2 rings (SSSR count). The van der Waals surface area contributed by atoms with E-state index in [4.69, 9.17) is 5.73 Å². The Balaban J connectivity index is 2.43. The van der Waals surface area contributed by atoms with Crippen LogP contribution in [-0.4, -0.2) is 8.42 Å². The largest absolute Gasteiger partial charge is 0.326 e. The van der Waals surface area contributed by atoms with Gasteiger partial charge >= 0.3 is 0 Å². The molecule has 4 nitrogen and oxygen atoms in total. The van der Waals surface area contributed by atoms with Gasteiger partial charge in [-0.1, -0.05) is 6.07 Å². The molecule has 0 spiro atoms. The minimum Gasteiger partial charge on any atom is -0.326 e. The maximum atomic E-state index is 13.7. The van der Waals surface area contributed by atoms with Crippen molar-refractivity contribution in [2.45, 2.75) is 11.4 Å². The number of anilines is 1. The maximum Gasteiger partial charge on any atom is 0.264 e. The van der Waals surface area contributed by atoms with Crippen LogP contribution >= 0.6 is 15.9 Å². The Morgan fingerprint density at radius 3 is 2.48 bits per heavy atom. The molecule has 0 amide bonds. The van der Waals surface area contributed by atoms with Gasteiger partial charge in [0.15, 0.2) is 0 Å². The highest BCUT2D eigenvalue weighted by atomic mass is 79.9. The molecule has 0 aliphatic carbocycles. The second-order valence-electron chi connectivity index (χ2n) is 4.20. The first-order valence-corrected chi connectivity index (χ1v) is 8.07. The molecule has 0 atom stereocenters. The van der Waals surface area contributed by atoms with Crippen molar-refractivity contribution in [2.24, 2.45) is 5.73 Å². The Bertz CT molecular complexity index is 782. The second-order valence-corrected chi connectivity index (χ2v) is 6.70. The second kappa shape index (κ2) is 6.08. The van der Waals surface area contributed by atoms with Crippen LogP contribution in [0.25, 0.3) is 0 Å². The number of rotatable bonds is 4. The van der Waals surface area contributed by atoms with Crippen LogP contribution in [0.5, 0.6) is 0 Å². The number of nitrogens with one attached hydrogen (secondary N) is 1. The summed E-state index contributed by atoms with van der Waals surface area (Å²) in [5, 5.41) is 0. The molecule has 21 heavy (non-hydrogen) atoms. The van der Waals surface area contributed by atoms with Crippen LogP contribution in [0.3, 0.4) is 0 Å². The monoisotopic (exact) mass is 376 g/mol. The van der Waals surface area contributed by atoms with E-state index in [1.54, 1.807) is 0 Å². The van der Waals surface area contributed by atoms with Crippen LogP contribution < -0.4 is 10.5 Å². The van der Waals surface area contributed by atoms with Gasteiger partial charge in [0.2, 0.25) is 0 Å². The van der Waals surface area contributed by atoms with Gasteiger partial charge < -0.3 is 5.73 Å². The van der Waals surface area contributed by atoms with Crippen molar-refractivity contribution >= 4 is 31.6 Å². The molecule has 2 aromatic carbocycles. The van der Waals surface area contributed by atoms with Gasteiger partial charge in [0.1, 0.15) is 16.5 Å². The zero-order valence-electron chi connectivity index (χ0n) is 10.6. The Morgan fingerprint density at radius 1 is 1.14 bits per heavy atom. The highest BCUT2D eigenvalue weighted by molar-refractivity contribution is 9.10. The highest BCUT2D eigenvalue weighted by Gasteiger charge is 2.20. The SMILES string of the molecule is NCc1ccc(F)c(S(=O)(=O)Nc2ccc(F)cc2Br)c1. The van der Waals surface area contributed by atoms with Gasteiger partial charge in [0, 0.05) is 11.0 Å². The molecule has 0 aromatic heterocycles. The first-order chi connectivity index (χ1) is 9.83. The number of hydrogen-bond donors (Lipinski definition) is 2. The van der Waals surface area contributed by atoms with Crippen LogP contribution in [0.1, 0.15) is 5.56 Å². The van der Waals surface area contributed by atoms with Gasteiger partial charge in [0.25, 0.3) is 10.0 Å². The molecule has 0 fully saturated rings. The van der Waals surface area contributed by atoms with E-state index in [1.807, 2.05) is 0 Å². The molecule has 2 aromatic rings. The third kappa shape index (κ3) is 3.58. The van der Waals surface area contributed by atoms with Crippen molar-refractivity contribution in [3.63, 3.8) is 0 Å². The number of nitrogens with two attached hydrogens (primary N) is 1. The van der Waals surface area contributed by atoms with Crippen LogP contribution in [0, 0.1) is 11.6 Å².